The fraction of sp³-hybridized carbons (Fsp3) is 0. The van der Waals surface area contributed by atoms with Crippen LogP contribution in [0.15, 0.2) is 4.52 Å². The van der Waals surface area contributed by atoms with Crippen LogP contribution in [0.1, 0.15) is 0 Å². The van der Waals surface area contributed by atoms with Crippen LogP contribution in [0.25, 0.3) is 0 Å². The van der Waals surface area contributed by atoms with E-state index in [4.69, 9.17) is 67.4 Å². The second-order valence-corrected chi connectivity index (χ2v) is 16.2. The van der Waals surface area contributed by atoms with Crippen LogP contribution in [0.5, 0.6) is 0 Å². The molecule has 0 saturated carbocycles. The van der Waals surface area contributed by atoms with Gasteiger partial charge in [0.05, 0.1) is 0 Å². The molecule has 0 fully saturated rings. The second-order valence-electron chi connectivity index (χ2n) is 0.986. The van der Waals surface area contributed by atoms with E-state index in [1.165, 1.54) is 0 Å². The molecule has 0 aromatic rings. The molecule has 58 valence electrons. The first-order valence-corrected chi connectivity index (χ1v) is 10.9. The van der Waals surface area contributed by atoms with Crippen LogP contribution in [0.3, 0.4) is 0 Å². The Labute approximate surface area is 82.1 Å². The van der Waals surface area contributed by atoms with Gasteiger partial charge in [-0.2, -0.15) is 0 Å². The molecule has 0 aromatic carbocycles. The standard InChI is InChI=1S/Cl6HNP2/c1-8(2,3)7-9(4,5)6/h8H. The summed E-state index contributed by atoms with van der Waals surface area (Å²) >= 11 is 31.7. The summed E-state index contributed by atoms with van der Waals surface area (Å²) in [6.07, 6.45) is 0. The van der Waals surface area contributed by atoms with Crippen molar-refractivity contribution in [2.24, 2.45) is 4.52 Å². The molecule has 9 heteroatoms. The third-order valence-electron chi connectivity index (χ3n) is 0.227. The second kappa shape index (κ2) is 3.87. The van der Waals surface area contributed by atoms with Crippen LogP contribution in [0, 0.1) is 0 Å². The summed E-state index contributed by atoms with van der Waals surface area (Å²) in [7, 11) is 0. The minimum absolute atomic E-state index is 2.83. The Balaban J connectivity index is 4.32. The molecular weight excluding hydrogens is 289 g/mol. The Morgan fingerprint density at radius 3 is 1.33 bits per heavy atom. The fourth-order valence-electron chi connectivity index (χ4n) is 0.129. The molecule has 0 saturated heterocycles. The van der Waals surface area contributed by atoms with Gasteiger partial charge in [0.15, 0.2) is 0 Å². The Morgan fingerprint density at radius 1 is 1.00 bits per heavy atom. The summed E-state index contributed by atoms with van der Waals surface area (Å²) in [6, 6.07) is 0. The molecule has 0 N–H and O–H groups in total. The summed E-state index contributed by atoms with van der Waals surface area (Å²) in [6.45, 7) is 0. The Bertz CT molecular complexity index is 129. The van der Waals surface area contributed by atoms with E-state index < -0.39 is 10.6 Å². The molecule has 0 amide bonds. The van der Waals surface area contributed by atoms with Crippen LogP contribution in [-0.2, 0) is 0 Å². The summed E-state index contributed by atoms with van der Waals surface area (Å²) in [5.74, 6) is 0. The van der Waals surface area contributed by atoms with Crippen molar-refractivity contribution in [3.63, 3.8) is 0 Å². The molecule has 0 rings (SSSR count). The third-order valence-corrected chi connectivity index (χ3v) is 6.12. The van der Waals surface area contributed by atoms with Gasteiger partial charge in [0.1, 0.15) is 0 Å². The molecule has 0 aliphatic carbocycles. The predicted molar refractivity (Wildman–Crippen MR) is 52.8 cm³/mol. The van der Waals surface area contributed by atoms with E-state index in [0.29, 0.717) is 0 Å². The van der Waals surface area contributed by atoms with Crippen molar-refractivity contribution in [1.29, 1.82) is 0 Å². The molecule has 1 nitrogen and oxygen atoms in total. The SMILES string of the molecule is ClP(Cl)(Cl)=N[PH](Cl)(Cl)Cl. The normalized spacial score (nSPS) is 15.3. The van der Waals surface area contributed by atoms with Gasteiger partial charge in [-0.25, -0.2) is 0 Å². The first-order valence-electron chi connectivity index (χ1n) is 1.50. The summed E-state index contributed by atoms with van der Waals surface area (Å²) < 4.78 is 3.38. The molecule has 0 aliphatic rings. The van der Waals surface area contributed by atoms with E-state index >= 15 is 0 Å². The van der Waals surface area contributed by atoms with E-state index in [-0.39, 0.29) is 0 Å². The topological polar surface area (TPSA) is 12.4 Å². The van der Waals surface area contributed by atoms with E-state index in [2.05, 4.69) is 4.52 Å². The molecule has 0 aliphatic heterocycles. The Kier molecular flexibility index (Phi) is 4.91. The zero-order valence-electron chi connectivity index (χ0n) is 3.66. The van der Waals surface area contributed by atoms with Gasteiger partial charge >= 0.3 is 82.5 Å². The van der Waals surface area contributed by atoms with Crippen molar-refractivity contribution in [1.82, 2.24) is 0 Å². The number of halogens is 6. The van der Waals surface area contributed by atoms with Gasteiger partial charge in [-0.1, -0.05) is 0 Å². The van der Waals surface area contributed by atoms with E-state index in [0.717, 1.165) is 0 Å². The van der Waals surface area contributed by atoms with Gasteiger partial charge in [-0.15, -0.1) is 0 Å². The van der Waals surface area contributed by atoms with Crippen molar-refractivity contribution >= 4 is 78.0 Å². The van der Waals surface area contributed by atoms with Gasteiger partial charge < -0.3 is 0 Å². The predicted octanol–water partition coefficient (Wildman–Crippen LogP) is 5.78. The average molecular weight is 290 g/mol. The van der Waals surface area contributed by atoms with Crippen molar-refractivity contribution in [2.75, 3.05) is 0 Å². The fourth-order valence-corrected chi connectivity index (χ4v) is 10.4. The van der Waals surface area contributed by atoms with E-state index in [9.17, 15) is 0 Å². The Hall–Kier alpha value is 2.40. The van der Waals surface area contributed by atoms with Gasteiger partial charge in [-0.05, 0) is 0 Å². The summed E-state index contributed by atoms with van der Waals surface area (Å²) in [5.41, 5.74) is -3.10. The third kappa shape index (κ3) is 10.4. The summed E-state index contributed by atoms with van der Waals surface area (Å²) in [5, 5.41) is -2.83. The summed E-state index contributed by atoms with van der Waals surface area (Å²) in [4.78, 5) is 0. The molecule has 0 radical (unpaired) electrons. The van der Waals surface area contributed by atoms with Gasteiger partial charge in [0, 0.05) is 0 Å². The molecule has 0 unspecified atom stereocenters. The van der Waals surface area contributed by atoms with Crippen LogP contribution in [-0.4, -0.2) is 0 Å². The number of nitrogens with zero attached hydrogens (tertiary/aromatic N) is 1. The van der Waals surface area contributed by atoms with Crippen LogP contribution in [0.2, 0.25) is 0 Å². The van der Waals surface area contributed by atoms with Gasteiger partial charge in [-0.3, -0.25) is 0 Å². The first-order chi connectivity index (χ1) is 3.71. The minimum atomic E-state index is -3.10. The first kappa shape index (κ1) is 11.4. The van der Waals surface area contributed by atoms with Crippen molar-refractivity contribution in [3.05, 3.63) is 0 Å². The maximum absolute atomic E-state index is 5.30. The number of hydrogen-bond acceptors (Lipinski definition) is 1. The van der Waals surface area contributed by atoms with Crippen molar-refractivity contribution in [3.8, 4) is 0 Å². The van der Waals surface area contributed by atoms with Gasteiger partial charge in [0.2, 0.25) is 0 Å². The molecule has 0 spiro atoms. The van der Waals surface area contributed by atoms with E-state index in [1.54, 1.807) is 0 Å². The number of rotatable bonds is 1. The van der Waals surface area contributed by atoms with Crippen LogP contribution < -0.4 is 0 Å². The monoisotopic (exact) mass is 287 g/mol. The molecule has 0 atom stereocenters. The zero-order chi connectivity index (χ0) is 7.71. The number of hydrogen-bond donors (Lipinski definition) is 0. The zero-order valence-corrected chi connectivity index (χ0v) is 10.1. The molecule has 9 heavy (non-hydrogen) atoms. The van der Waals surface area contributed by atoms with Crippen molar-refractivity contribution in [2.45, 2.75) is 0 Å². The average Bonchev–Trinajstić information content (AvgIpc) is 1.14. The van der Waals surface area contributed by atoms with Crippen LogP contribution >= 0.6 is 78.0 Å². The Morgan fingerprint density at radius 2 is 1.33 bits per heavy atom. The van der Waals surface area contributed by atoms with Gasteiger partial charge in [0.25, 0.3) is 0 Å². The quantitative estimate of drug-likeness (QED) is 0.543. The van der Waals surface area contributed by atoms with Crippen molar-refractivity contribution < 1.29 is 0 Å². The molecule has 0 bridgehead atoms. The molecular formula is HCl6NP2. The maximum atomic E-state index is 5.30. The van der Waals surface area contributed by atoms with Crippen LogP contribution in [0.4, 0.5) is 0 Å². The van der Waals surface area contributed by atoms with E-state index in [1.807, 2.05) is 0 Å². The molecule has 0 heterocycles. The molecule has 0 aromatic heterocycles.